The normalized spacial score (nSPS) is 14.7. The summed E-state index contributed by atoms with van der Waals surface area (Å²) in [5.41, 5.74) is 0. The summed E-state index contributed by atoms with van der Waals surface area (Å²) in [6, 6.07) is 0.798. The molecule has 1 aliphatic rings. The molecule has 0 aromatic rings. The third-order valence-corrected chi connectivity index (χ3v) is 13.8. The van der Waals surface area contributed by atoms with E-state index in [1.54, 1.807) is 0 Å². The van der Waals surface area contributed by atoms with Crippen molar-refractivity contribution in [3.05, 3.63) is 0 Å². The first kappa shape index (κ1) is 109. The lowest BCUT2D eigenvalue weighted by Gasteiger charge is -2.24. The summed E-state index contributed by atoms with van der Waals surface area (Å²) in [5.74, 6) is 1.28. The molecule has 0 heterocycles. The van der Waals surface area contributed by atoms with Crippen molar-refractivity contribution >= 4 is 41.8 Å². The SMILES string of the molecule is CC(C)CC(NC(C)C)C(=O)OC(C)C.CC(C)C[C@@H](NC(C)C)C(=O)OC(C)C.CC(C)C[C@H](NC(C)C)C(=O)OC(C)C.CC(C)NC(C(=O)OC(C)C)C(C)C.CC(C)N[C@@H](C(=O)OC(C)C)C(C)C.CC(C)N[C@@H](C)C(=O)OC1CCCCC1.CC(C)N[C@H](C(=O)OC(C)C)C(C)C. The van der Waals surface area contributed by atoms with Crippen molar-refractivity contribution in [3.8, 4) is 0 Å². The van der Waals surface area contributed by atoms with Gasteiger partial charge in [-0.05, 0) is 170 Å². The van der Waals surface area contributed by atoms with Crippen molar-refractivity contribution in [2.24, 2.45) is 35.5 Å². The molecule has 0 amide bonds. The van der Waals surface area contributed by atoms with Crippen molar-refractivity contribution in [3.63, 3.8) is 0 Å². The summed E-state index contributed by atoms with van der Waals surface area (Å²) in [6.07, 6.45) is 8.15. The third kappa shape index (κ3) is 69.1. The molecular formula is C81H167N7O14. The third-order valence-electron chi connectivity index (χ3n) is 13.8. The highest BCUT2D eigenvalue weighted by molar-refractivity contribution is 5.78. The number of nitrogens with one attached hydrogen (secondary N) is 7. The lowest BCUT2D eigenvalue weighted by molar-refractivity contribution is -0.153. The Morgan fingerprint density at radius 3 is 0.618 bits per heavy atom. The molecule has 7 atom stereocenters. The van der Waals surface area contributed by atoms with E-state index >= 15 is 0 Å². The molecule has 1 rings (SSSR count). The molecule has 21 nitrogen and oxygen atoms in total. The maximum absolute atomic E-state index is 11.7. The smallest absolute Gasteiger partial charge is 0.323 e. The van der Waals surface area contributed by atoms with Crippen molar-refractivity contribution in [2.45, 2.75) is 449 Å². The zero-order chi connectivity index (χ0) is 81.2. The number of hydrogen-bond acceptors (Lipinski definition) is 21. The highest BCUT2D eigenvalue weighted by Gasteiger charge is 2.29. The molecule has 0 aliphatic heterocycles. The second-order valence-corrected chi connectivity index (χ2v) is 33.3. The maximum atomic E-state index is 11.7. The zero-order valence-electron chi connectivity index (χ0n) is 73.0. The van der Waals surface area contributed by atoms with Crippen LogP contribution >= 0.6 is 0 Å². The fourth-order valence-electron chi connectivity index (χ4n) is 9.87. The fraction of sp³-hybridized carbons (Fsp3) is 0.914. The number of ether oxygens (including phenoxy) is 7. The van der Waals surface area contributed by atoms with E-state index in [2.05, 4.69) is 78.8 Å². The van der Waals surface area contributed by atoms with Crippen LogP contribution in [0.15, 0.2) is 0 Å². The van der Waals surface area contributed by atoms with Gasteiger partial charge >= 0.3 is 41.8 Å². The van der Waals surface area contributed by atoms with Crippen LogP contribution in [0, 0.1) is 35.5 Å². The quantitative estimate of drug-likeness (QED) is 0.0225. The molecule has 0 spiro atoms. The Labute approximate surface area is 627 Å². The van der Waals surface area contributed by atoms with Crippen LogP contribution < -0.4 is 37.2 Å². The fourth-order valence-corrected chi connectivity index (χ4v) is 9.87. The number of rotatable bonds is 37. The summed E-state index contributed by atoms with van der Waals surface area (Å²) in [5, 5.41) is 22.5. The summed E-state index contributed by atoms with van der Waals surface area (Å²) < 4.78 is 36.6. The number of esters is 7. The van der Waals surface area contributed by atoms with E-state index in [1.165, 1.54) is 19.3 Å². The molecule has 610 valence electrons. The van der Waals surface area contributed by atoms with Crippen molar-refractivity contribution < 1.29 is 66.7 Å². The van der Waals surface area contributed by atoms with Gasteiger partial charge in [0, 0.05) is 42.3 Å². The van der Waals surface area contributed by atoms with Gasteiger partial charge in [-0.1, -0.05) is 186 Å². The molecule has 0 saturated heterocycles. The molecule has 1 aliphatic carbocycles. The molecule has 0 aromatic heterocycles. The van der Waals surface area contributed by atoms with E-state index in [0.29, 0.717) is 60.0 Å². The first-order valence-electron chi connectivity index (χ1n) is 39.4. The predicted octanol–water partition coefficient (Wildman–Crippen LogP) is 15.2. The maximum Gasteiger partial charge on any atom is 0.323 e. The highest BCUT2D eigenvalue weighted by Crippen LogP contribution is 2.21. The first-order valence-corrected chi connectivity index (χ1v) is 39.4. The van der Waals surface area contributed by atoms with Gasteiger partial charge in [0.2, 0.25) is 0 Å². The van der Waals surface area contributed by atoms with E-state index < -0.39 is 0 Å². The number of hydrogen-bond donors (Lipinski definition) is 7. The molecule has 102 heavy (non-hydrogen) atoms. The van der Waals surface area contributed by atoms with E-state index in [4.69, 9.17) is 33.2 Å². The first-order chi connectivity index (χ1) is 46.6. The standard InChI is InChI=1S/C12H23NO2.3C12H25NO2.3C11H23NO2/c1-9(2)13-10(3)12(14)15-11-7-5-4-6-8-11;3*1-8(2)7-11(13-9(3)4)12(14)15-10(5)6;3*1-7(2)10(12-8(3)4)11(13)14-9(5)6/h9-11,13H,4-8H2,1-3H3;3*8-11,13H,7H2,1-6H3;3*7-10,12H,1-6H3/t10-;2*11-;;2*10-;/m010.10./s1. The van der Waals surface area contributed by atoms with Gasteiger partial charge < -0.3 is 70.4 Å². The Morgan fingerprint density at radius 1 is 0.255 bits per heavy atom. The van der Waals surface area contributed by atoms with Crippen LogP contribution in [-0.2, 0) is 66.7 Å². The molecule has 0 bridgehead atoms. The van der Waals surface area contributed by atoms with E-state index in [1.807, 2.05) is 228 Å². The highest BCUT2D eigenvalue weighted by atomic mass is 16.6. The van der Waals surface area contributed by atoms with Crippen LogP contribution in [-0.4, -0.2) is 169 Å². The minimum Gasteiger partial charge on any atom is -0.462 e. The Morgan fingerprint density at radius 2 is 0.451 bits per heavy atom. The van der Waals surface area contributed by atoms with Crippen molar-refractivity contribution in [1.82, 2.24) is 37.2 Å². The van der Waals surface area contributed by atoms with Crippen LogP contribution in [0.1, 0.15) is 321 Å². The summed E-state index contributed by atoms with van der Waals surface area (Å²) in [7, 11) is 0. The Bertz CT molecular complexity index is 1880. The molecule has 2 unspecified atom stereocenters. The largest absolute Gasteiger partial charge is 0.462 e. The monoisotopic (exact) mass is 1460 g/mol. The Hall–Kier alpha value is -3.99. The van der Waals surface area contributed by atoms with Crippen LogP contribution in [0.25, 0.3) is 0 Å². The molecular weight excluding hydrogens is 1290 g/mol. The average molecular weight is 1460 g/mol. The molecule has 21 heteroatoms. The lowest BCUT2D eigenvalue weighted by Crippen LogP contribution is -2.46. The number of carbonyl (C=O) groups excluding carboxylic acids is 7. The van der Waals surface area contributed by atoms with E-state index in [9.17, 15) is 33.6 Å². The van der Waals surface area contributed by atoms with Gasteiger partial charge in [0.1, 0.15) is 48.4 Å². The molecule has 1 saturated carbocycles. The molecule has 0 radical (unpaired) electrons. The van der Waals surface area contributed by atoms with Crippen LogP contribution in [0.3, 0.4) is 0 Å². The molecule has 7 N–H and O–H groups in total. The lowest BCUT2D eigenvalue weighted by atomic mass is 9.98. The van der Waals surface area contributed by atoms with Crippen LogP contribution in [0.5, 0.6) is 0 Å². The Kier molecular flexibility index (Phi) is 66.3. The minimum atomic E-state index is -0.197. The van der Waals surface area contributed by atoms with Crippen LogP contribution in [0.4, 0.5) is 0 Å². The second-order valence-electron chi connectivity index (χ2n) is 33.3. The minimum absolute atomic E-state index is 0.0406. The van der Waals surface area contributed by atoms with Gasteiger partial charge in [0.25, 0.3) is 0 Å². The van der Waals surface area contributed by atoms with Gasteiger partial charge in [0.05, 0.1) is 36.6 Å². The Balaban J connectivity index is -0.000000264. The second kappa shape index (κ2) is 62.1. The van der Waals surface area contributed by atoms with Crippen molar-refractivity contribution in [2.75, 3.05) is 0 Å². The van der Waals surface area contributed by atoms with Gasteiger partial charge in [-0.2, -0.15) is 0 Å². The molecule has 0 aromatic carbocycles. The number of carbonyl (C=O) groups is 7. The van der Waals surface area contributed by atoms with Crippen molar-refractivity contribution in [1.29, 1.82) is 0 Å². The van der Waals surface area contributed by atoms with E-state index in [0.717, 1.165) is 32.1 Å². The average Bonchev–Trinajstić information content (AvgIpc) is 0.935. The zero-order valence-corrected chi connectivity index (χ0v) is 73.0. The predicted molar refractivity (Wildman–Crippen MR) is 423 cm³/mol. The van der Waals surface area contributed by atoms with Crippen LogP contribution in [0.2, 0.25) is 0 Å². The van der Waals surface area contributed by atoms with Gasteiger partial charge in [-0.3, -0.25) is 33.6 Å². The van der Waals surface area contributed by atoms with Gasteiger partial charge in [-0.25, -0.2) is 0 Å². The summed E-state index contributed by atoms with van der Waals surface area (Å²) in [4.78, 5) is 81.8. The summed E-state index contributed by atoms with van der Waals surface area (Å²) >= 11 is 0. The van der Waals surface area contributed by atoms with Gasteiger partial charge in [0.15, 0.2) is 0 Å². The van der Waals surface area contributed by atoms with Gasteiger partial charge in [-0.15, -0.1) is 0 Å². The molecule has 1 fully saturated rings. The van der Waals surface area contributed by atoms with E-state index in [-0.39, 0.29) is 145 Å². The topological polar surface area (TPSA) is 268 Å². The summed E-state index contributed by atoms with van der Waals surface area (Å²) in [6.45, 7) is 77.5.